The number of nitrogens with one attached hydrogen (secondary N) is 1. The fourth-order valence-electron chi connectivity index (χ4n) is 3.30. The van der Waals surface area contributed by atoms with Crippen LogP contribution < -0.4 is 4.72 Å². The van der Waals surface area contributed by atoms with Gasteiger partial charge in [0, 0.05) is 11.6 Å². The van der Waals surface area contributed by atoms with Gasteiger partial charge < -0.3 is 4.57 Å². The fourth-order valence-corrected chi connectivity index (χ4v) is 4.38. The molecule has 3 aromatic rings. The molecule has 1 N–H and O–H groups in total. The van der Waals surface area contributed by atoms with Gasteiger partial charge >= 0.3 is 0 Å². The van der Waals surface area contributed by atoms with Crippen molar-refractivity contribution in [1.82, 2.24) is 14.8 Å². The molecule has 0 spiro atoms. The number of rotatable bonds is 5. The zero-order valence-corrected chi connectivity index (χ0v) is 18.9. The van der Waals surface area contributed by atoms with Crippen molar-refractivity contribution in [1.29, 1.82) is 0 Å². The summed E-state index contributed by atoms with van der Waals surface area (Å²) in [7, 11) is -3.92. The second-order valence-corrected chi connectivity index (χ2v) is 10.3. The number of nitrogens with zero attached hydrogens (tertiary/aromatic N) is 3. The Bertz CT molecular complexity index is 1160. The van der Waals surface area contributed by atoms with Gasteiger partial charge in [0.25, 0.3) is 10.0 Å². The van der Waals surface area contributed by atoms with Crippen molar-refractivity contribution in [2.45, 2.75) is 57.9 Å². The second-order valence-electron chi connectivity index (χ2n) is 8.60. The zero-order valence-electron chi connectivity index (χ0n) is 18.1. The van der Waals surface area contributed by atoms with E-state index < -0.39 is 15.8 Å². The van der Waals surface area contributed by atoms with Gasteiger partial charge in [0.15, 0.2) is 5.82 Å². The first-order valence-corrected chi connectivity index (χ1v) is 11.2. The van der Waals surface area contributed by atoms with Crippen LogP contribution in [0.1, 0.15) is 52.0 Å². The van der Waals surface area contributed by atoms with Gasteiger partial charge in [-0.15, -0.1) is 10.2 Å². The number of benzene rings is 2. The van der Waals surface area contributed by atoms with Crippen molar-refractivity contribution >= 4 is 15.7 Å². The van der Waals surface area contributed by atoms with Gasteiger partial charge in [0.05, 0.1) is 10.6 Å². The lowest BCUT2D eigenvalue weighted by Gasteiger charge is -2.19. The summed E-state index contributed by atoms with van der Waals surface area (Å²) in [4.78, 5) is 0.104. The van der Waals surface area contributed by atoms with Crippen LogP contribution in [0.15, 0.2) is 47.4 Å². The van der Waals surface area contributed by atoms with Crippen molar-refractivity contribution < 1.29 is 12.8 Å². The third kappa shape index (κ3) is 4.38. The Labute approximate surface area is 177 Å². The first-order valence-electron chi connectivity index (χ1n) is 9.75. The van der Waals surface area contributed by atoms with E-state index in [-0.39, 0.29) is 22.0 Å². The standard InChI is InChI=1S/C22H27FN4O2S/c1-14(2)27-15(3)24-25-21(27)19-12-9-17(23)13-20(19)26-30(28,29)18-10-7-16(8-11-18)22(4,5)6/h7-14,26H,1-6H3. The van der Waals surface area contributed by atoms with Gasteiger partial charge in [-0.2, -0.15) is 0 Å². The number of hydrogen-bond acceptors (Lipinski definition) is 4. The summed E-state index contributed by atoms with van der Waals surface area (Å²) >= 11 is 0. The summed E-state index contributed by atoms with van der Waals surface area (Å²) in [5.74, 6) is 0.617. The monoisotopic (exact) mass is 430 g/mol. The molecule has 1 heterocycles. The Morgan fingerprint density at radius 2 is 1.67 bits per heavy atom. The lowest BCUT2D eigenvalue weighted by Crippen LogP contribution is -2.16. The summed E-state index contributed by atoms with van der Waals surface area (Å²) in [6.45, 7) is 11.9. The Morgan fingerprint density at radius 3 is 2.23 bits per heavy atom. The van der Waals surface area contributed by atoms with E-state index in [1.54, 1.807) is 24.3 Å². The van der Waals surface area contributed by atoms with Crippen LogP contribution in [0.3, 0.4) is 0 Å². The molecule has 0 amide bonds. The van der Waals surface area contributed by atoms with Gasteiger partial charge in [-0.1, -0.05) is 32.9 Å². The number of sulfonamides is 1. The average Bonchev–Trinajstić information content (AvgIpc) is 3.02. The molecule has 0 saturated carbocycles. The molecule has 8 heteroatoms. The van der Waals surface area contributed by atoms with E-state index in [4.69, 9.17) is 0 Å². The van der Waals surface area contributed by atoms with Crippen LogP contribution in [0.5, 0.6) is 0 Å². The van der Waals surface area contributed by atoms with Gasteiger partial charge in [0.2, 0.25) is 0 Å². The maximum absolute atomic E-state index is 14.0. The first kappa shape index (κ1) is 22.0. The molecular formula is C22H27FN4O2S. The molecule has 0 radical (unpaired) electrons. The number of halogens is 1. The second kappa shape index (κ2) is 7.83. The lowest BCUT2D eigenvalue weighted by atomic mass is 9.87. The van der Waals surface area contributed by atoms with E-state index >= 15 is 0 Å². The van der Waals surface area contributed by atoms with Crippen LogP contribution in [0.25, 0.3) is 11.4 Å². The summed E-state index contributed by atoms with van der Waals surface area (Å²) in [6, 6.07) is 10.7. The highest BCUT2D eigenvalue weighted by Crippen LogP contribution is 2.32. The van der Waals surface area contributed by atoms with E-state index in [2.05, 4.69) is 35.7 Å². The Morgan fingerprint density at radius 1 is 1.03 bits per heavy atom. The summed E-state index contributed by atoms with van der Waals surface area (Å²) in [5, 5.41) is 8.30. The summed E-state index contributed by atoms with van der Waals surface area (Å²) in [5.41, 5.74) is 1.50. The molecule has 0 fully saturated rings. The molecule has 0 saturated heterocycles. The quantitative estimate of drug-likeness (QED) is 0.613. The van der Waals surface area contributed by atoms with E-state index in [1.165, 1.54) is 12.1 Å². The van der Waals surface area contributed by atoms with Crippen molar-refractivity contribution in [3.8, 4) is 11.4 Å². The predicted molar refractivity (Wildman–Crippen MR) is 116 cm³/mol. The summed E-state index contributed by atoms with van der Waals surface area (Å²) in [6.07, 6.45) is 0. The van der Waals surface area contributed by atoms with Crippen LogP contribution in [0.4, 0.5) is 10.1 Å². The van der Waals surface area contributed by atoms with Crippen LogP contribution in [0, 0.1) is 12.7 Å². The Balaban J connectivity index is 2.04. The molecule has 0 unspecified atom stereocenters. The van der Waals surface area contributed by atoms with Crippen molar-refractivity contribution in [3.05, 3.63) is 59.7 Å². The number of anilines is 1. The highest BCUT2D eigenvalue weighted by atomic mass is 32.2. The van der Waals surface area contributed by atoms with Crippen LogP contribution in [-0.4, -0.2) is 23.2 Å². The smallest absolute Gasteiger partial charge is 0.261 e. The van der Waals surface area contributed by atoms with Gasteiger partial charge in [-0.25, -0.2) is 12.8 Å². The number of aromatic nitrogens is 3. The molecule has 1 aromatic heterocycles. The molecule has 2 aromatic carbocycles. The minimum absolute atomic E-state index is 0.0504. The Kier molecular flexibility index (Phi) is 5.73. The highest BCUT2D eigenvalue weighted by molar-refractivity contribution is 7.92. The van der Waals surface area contributed by atoms with Gasteiger partial charge in [0.1, 0.15) is 11.6 Å². The van der Waals surface area contributed by atoms with Gasteiger partial charge in [-0.05, 0) is 62.1 Å². The maximum atomic E-state index is 14.0. The molecule has 0 bridgehead atoms. The molecule has 160 valence electrons. The molecule has 0 atom stereocenters. The normalized spacial score (nSPS) is 12.4. The SMILES string of the molecule is Cc1nnc(-c2ccc(F)cc2NS(=O)(=O)c2ccc(C(C)(C)C)cc2)n1C(C)C. The van der Waals surface area contributed by atoms with E-state index in [9.17, 15) is 12.8 Å². The summed E-state index contributed by atoms with van der Waals surface area (Å²) < 4.78 is 44.4. The average molecular weight is 431 g/mol. The molecule has 6 nitrogen and oxygen atoms in total. The minimum Gasteiger partial charge on any atom is -0.309 e. The van der Waals surface area contributed by atoms with E-state index in [0.29, 0.717) is 17.2 Å². The van der Waals surface area contributed by atoms with Crippen molar-refractivity contribution in [3.63, 3.8) is 0 Å². The zero-order chi connectivity index (χ0) is 22.3. The lowest BCUT2D eigenvalue weighted by molar-refractivity contribution is 0.587. The van der Waals surface area contributed by atoms with Crippen LogP contribution >= 0.6 is 0 Å². The topological polar surface area (TPSA) is 76.9 Å². The first-order chi connectivity index (χ1) is 13.9. The highest BCUT2D eigenvalue weighted by Gasteiger charge is 2.22. The third-order valence-electron chi connectivity index (χ3n) is 4.88. The molecule has 3 rings (SSSR count). The molecule has 0 aliphatic carbocycles. The van der Waals surface area contributed by atoms with E-state index in [0.717, 1.165) is 11.6 Å². The van der Waals surface area contributed by atoms with Crippen LogP contribution in [-0.2, 0) is 15.4 Å². The third-order valence-corrected chi connectivity index (χ3v) is 6.26. The largest absolute Gasteiger partial charge is 0.309 e. The minimum atomic E-state index is -3.92. The van der Waals surface area contributed by atoms with Crippen molar-refractivity contribution in [2.24, 2.45) is 0 Å². The number of aryl methyl sites for hydroxylation is 1. The predicted octanol–water partition coefficient (Wildman–Crippen LogP) is 5.07. The fraction of sp³-hybridized carbons (Fsp3) is 0.364. The van der Waals surface area contributed by atoms with Gasteiger partial charge in [-0.3, -0.25) is 4.72 Å². The molecule has 0 aliphatic rings. The van der Waals surface area contributed by atoms with E-state index in [1.807, 2.05) is 25.3 Å². The Hall–Kier alpha value is -2.74. The number of hydrogen-bond donors (Lipinski definition) is 1. The molecular weight excluding hydrogens is 403 g/mol. The van der Waals surface area contributed by atoms with Crippen molar-refractivity contribution in [2.75, 3.05) is 4.72 Å². The molecule has 30 heavy (non-hydrogen) atoms. The van der Waals surface area contributed by atoms with Crippen LogP contribution in [0.2, 0.25) is 0 Å². The molecule has 0 aliphatic heterocycles. The maximum Gasteiger partial charge on any atom is 0.261 e.